The topological polar surface area (TPSA) is 51.5 Å². The molecule has 126 valence electrons. The molecule has 0 aliphatic heterocycles. The van der Waals surface area contributed by atoms with Crippen molar-refractivity contribution in [1.82, 2.24) is 0 Å². The van der Waals surface area contributed by atoms with Crippen LogP contribution in [-0.2, 0) is 0 Å². The van der Waals surface area contributed by atoms with E-state index in [1.54, 1.807) is 25.3 Å². The average molecular weight is 325 g/mol. The van der Waals surface area contributed by atoms with Gasteiger partial charge in [-0.05, 0) is 42.2 Å². The molecule has 2 aromatic rings. The normalized spacial score (nSPS) is 10.3. The summed E-state index contributed by atoms with van der Waals surface area (Å²) in [6, 6.07) is 13.6. The first kappa shape index (κ1) is 17.7. The summed E-state index contributed by atoms with van der Waals surface area (Å²) in [6.45, 7) is 7.05. The smallest absolute Gasteiger partial charge is 0.179 e. The number of para-hydroxylation sites is 1. The first-order valence-electron chi connectivity index (χ1n) is 8.00. The molecular formula is C20H23NO3. The van der Waals surface area contributed by atoms with Crippen LogP contribution < -0.4 is 14.2 Å². The van der Waals surface area contributed by atoms with Crippen LogP contribution in [0.5, 0.6) is 17.2 Å². The number of benzene rings is 2. The predicted octanol–water partition coefficient (Wildman–Crippen LogP) is 4.46. The SMILES string of the molecule is COc1cccc(C#N)c1OCCOc1cc(C)ccc1C(C)C. The Balaban J connectivity index is 2.02. The van der Waals surface area contributed by atoms with Crippen LogP contribution in [0.2, 0.25) is 0 Å². The lowest BCUT2D eigenvalue weighted by Gasteiger charge is -2.16. The van der Waals surface area contributed by atoms with E-state index in [1.165, 1.54) is 5.56 Å². The molecule has 0 heterocycles. The number of ether oxygens (including phenoxy) is 3. The second-order valence-corrected chi connectivity index (χ2v) is 5.84. The first-order chi connectivity index (χ1) is 11.6. The molecule has 0 spiro atoms. The summed E-state index contributed by atoms with van der Waals surface area (Å²) >= 11 is 0. The van der Waals surface area contributed by atoms with Crippen LogP contribution in [0.15, 0.2) is 36.4 Å². The maximum atomic E-state index is 9.18. The van der Waals surface area contributed by atoms with E-state index < -0.39 is 0 Å². The summed E-state index contributed by atoms with van der Waals surface area (Å²) in [5.74, 6) is 2.28. The molecule has 4 nitrogen and oxygen atoms in total. The van der Waals surface area contributed by atoms with Crippen LogP contribution in [-0.4, -0.2) is 20.3 Å². The molecule has 0 aliphatic carbocycles. The zero-order valence-corrected chi connectivity index (χ0v) is 14.6. The van der Waals surface area contributed by atoms with E-state index in [2.05, 4.69) is 32.0 Å². The molecule has 24 heavy (non-hydrogen) atoms. The van der Waals surface area contributed by atoms with Crippen molar-refractivity contribution < 1.29 is 14.2 Å². The van der Waals surface area contributed by atoms with E-state index >= 15 is 0 Å². The molecule has 0 aromatic heterocycles. The van der Waals surface area contributed by atoms with Crippen molar-refractivity contribution in [2.75, 3.05) is 20.3 Å². The van der Waals surface area contributed by atoms with Gasteiger partial charge in [0.05, 0.1) is 12.7 Å². The van der Waals surface area contributed by atoms with Crippen molar-refractivity contribution in [1.29, 1.82) is 5.26 Å². The second-order valence-electron chi connectivity index (χ2n) is 5.84. The van der Waals surface area contributed by atoms with Gasteiger partial charge in [-0.25, -0.2) is 0 Å². The number of methoxy groups -OCH3 is 1. The molecule has 0 unspecified atom stereocenters. The van der Waals surface area contributed by atoms with Gasteiger partial charge in [-0.1, -0.05) is 32.0 Å². The van der Waals surface area contributed by atoms with Crippen molar-refractivity contribution in [3.63, 3.8) is 0 Å². The Labute approximate surface area is 143 Å². The summed E-state index contributed by atoms with van der Waals surface area (Å²) in [4.78, 5) is 0. The molecule has 0 aliphatic rings. The van der Waals surface area contributed by atoms with Crippen LogP contribution in [0.25, 0.3) is 0 Å². The van der Waals surface area contributed by atoms with Crippen molar-refractivity contribution in [2.45, 2.75) is 26.7 Å². The van der Waals surface area contributed by atoms with Gasteiger partial charge < -0.3 is 14.2 Å². The second kappa shape index (κ2) is 8.26. The molecule has 0 atom stereocenters. The third-order valence-corrected chi connectivity index (χ3v) is 3.70. The predicted molar refractivity (Wildman–Crippen MR) is 94.0 cm³/mol. The minimum absolute atomic E-state index is 0.334. The van der Waals surface area contributed by atoms with Gasteiger partial charge in [0, 0.05) is 0 Å². The van der Waals surface area contributed by atoms with Gasteiger partial charge in [-0.3, -0.25) is 0 Å². The highest BCUT2D eigenvalue weighted by Gasteiger charge is 2.11. The fourth-order valence-corrected chi connectivity index (χ4v) is 2.45. The van der Waals surface area contributed by atoms with E-state index in [9.17, 15) is 5.26 Å². The Kier molecular flexibility index (Phi) is 6.08. The van der Waals surface area contributed by atoms with E-state index in [-0.39, 0.29) is 0 Å². The van der Waals surface area contributed by atoms with Crippen LogP contribution in [0.4, 0.5) is 0 Å². The number of hydrogen-bond acceptors (Lipinski definition) is 4. The minimum atomic E-state index is 0.334. The molecule has 4 heteroatoms. The molecule has 2 aromatic carbocycles. The number of rotatable bonds is 7. The van der Waals surface area contributed by atoms with Gasteiger partial charge in [-0.2, -0.15) is 5.26 Å². The lowest BCUT2D eigenvalue weighted by Crippen LogP contribution is -2.11. The Hall–Kier alpha value is -2.67. The number of aryl methyl sites for hydroxylation is 1. The Morgan fingerprint density at radius 3 is 2.46 bits per heavy atom. The first-order valence-corrected chi connectivity index (χ1v) is 8.00. The monoisotopic (exact) mass is 325 g/mol. The highest BCUT2D eigenvalue weighted by atomic mass is 16.5. The largest absolute Gasteiger partial charge is 0.493 e. The summed E-state index contributed by atoms with van der Waals surface area (Å²) in [5, 5.41) is 9.18. The zero-order valence-electron chi connectivity index (χ0n) is 14.6. The van der Waals surface area contributed by atoms with Crippen molar-refractivity contribution >= 4 is 0 Å². The van der Waals surface area contributed by atoms with Gasteiger partial charge in [0.25, 0.3) is 0 Å². The standard InChI is InChI=1S/C20H23NO3/c1-14(2)17-9-8-15(3)12-19(17)23-10-11-24-20-16(13-21)6-5-7-18(20)22-4/h5-9,12,14H,10-11H2,1-4H3. The molecule has 0 N–H and O–H groups in total. The maximum absolute atomic E-state index is 9.18. The Morgan fingerprint density at radius 2 is 1.79 bits per heavy atom. The van der Waals surface area contributed by atoms with Crippen LogP contribution >= 0.6 is 0 Å². The maximum Gasteiger partial charge on any atom is 0.179 e. The van der Waals surface area contributed by atoms with Crippen LogP contribution in [0.3, 0.4) is 0 Å². The molecule has 0 saturated heterocycles. The summed E-state index contributed by atoms with van der Waals surface area (Å²) in [7, 11) is 1.56. The van der Waals surface area contributed by atoms with Crippen molar-refractivity contribution in [2.24, 2.45) is 0 Å². The molecule has 0 amide bonds. The highest BCUT2D eigenvalue weighted by molar-refractivity contribution is 5.52. The minimum Gasteiger partial charge on any atom is -0.493 e. The van der Waals surface area contributed by atoms with Gasteiger partial charge >= 0.3 is 0 Å². The zero-order chi connectivity index (χ0) is 17.5. The fraction of sp³-hybridized carbons (Fsp3) is 0.350. The summed E-state index contributed by atoms with van der Waals surface area (Å²) in [5.41, 5.74) is 2.79. The van der Waals surface area contributed by atoms with E-state index in [0.29, 0.717) is 36.2 Å². The van der Waals surface area contributed by atoms with Gasteiger partial charge in [-0.15, -0.1) is 0 Å². The van der Waals surface area contributed by atoms with Crippen molar-refractivity contribution in [3.8, 4) is 23.3 Å². The number of nitrogens with zero attached hydrogens (tertiary/aromatic N) is 1. The van der Waals surface area contributed by atoms with E-state index in [0.717, 1.165) is 11.3 Å². The average Bonchev–Trinajstić information content (AvgIpc) is 2.58. The van der Waals surface area contributed by atoms with Crippen LogP contribution in [0.1, 0.15) is 36.5 Å². The van der Waals surface area contributed by atoms with Gasteiger partial charge in [0.15, 0.2) is 11.5 Å². The lowest BCUT2D eigenvalue weighted by atomic mass is 10.0. The lowest BCUT2D eigenvalue weighted by molar-refractivity contribution is 0.209. The van der Waals surface area contributed by atoms with E-state index in [4.69, 9.17) is 14.2 Å². The Bertz CT molecular complexity index is 732. The molecule has 2 rings (SSSR count). The molecule has 0 radical (unpaired) electrons. The van der Waals surface area contributed by atoms with Crippen molar-refractivity contribution in [3.05, 3.63) is 53.1 Å². The summed E-state index contributed by atoms with van der Waals surface area (Å²) in [6.07, 6.45) is 0. The molecular weight excluding hydrogens is 302 g/mol. The third-order valence-electron chi connectivity index (χ3n) is 3.70. The molecule has 0 bridgehead atoms. The highest BCUT2D eigenvalue weighted by Crippen LogP contribution is 2.31. The van der Waals surface area contributed by atoms with Gasteiger partial charge in [0.2, 0.25) is 0 Å². The Morgan fingerprint density at radius 1 is 1.04 bits per heavy atom. The van der Waals surface area contributed by atoms with E-state index in [1.807, 2.05) is 13.0 Å². The number of nitriles is 1. The third kappa shape index (κ3) is 4.20. The van der Waals surface area contributed by atoms with Gasteiger partial charge in [0.1, 0.15) is 25.0 Å². The fourth-order valence-electron chi connectivity index (χ4n) is 2.45. The van der Waals surface area contributed by atoms with Crippen LogP contribution in [0, 0.1) is 18.3 Å². The number of hydrogen-bond donors (Lipinski definition) is 0. The summed E-state index contributed by atoms with van der Waals surface area (Å²) < 4.78 is 16.9. The molecule has 0 fully saturated rings. The molecule has 0 saturated carbocycles. The quantitative estimate of drug-likeness (QED) is 0.705.